The molecule has 1 heterocycles. The summed E-state index contributed by atoms with van der Waals surface area (Å²) < 4.78 is 4.74. The molecule has 1 N–H and O–H groups in total. The predicted molar refractivity (Wildman–Crippen MR) is 82.8 cm³/mol. The average molecular weight is 319 g/mol. The monoisotopic (exact) mass is 319 g/mol. The van der Waals surface area contributed by atoms with Crippen LogP contribution in [0.15, 0.2) is 24.3 Å². The number of hydrogen-bond donors (Lipinski definition) is 1. The van der Waals surface area contributed by atoms with Gasteiger partial charge in [0, 0.05) is 0 Å². The fraction of sp³-hybridized carbons (Fsp3) is 0.471. The maximum absolute atomic E-state index is 12.6. The fourth-order valence-corrected chi connectivity index (χ4v) is 3.01. The van der Waals surface area contributed by atoms with Gasteiger partial charge in [-0.2, -0.15) is 0 Å². The zero-order valence-electron chi connectivity index (χ0n) is 13.5. The Morgan fingerprint density at radius 2 is 1.61 bits per heavy atom. The molecule has 6 heteroatoms. The Morgan fingerprint density at radius 1 is 1.13 bits per heavy atom. The maximum atomic E-state index is 12.6. The minimum absolute atomic E-state index is 0.219. The van der Waals surface area contributed by atoms with Crippen LogP contribution in [0.25, 0.3) is 0 Å². The maximum Gasteiger partial charge on any atom is 0.331 e. The van der Waals surface area contributed by atoms with Crippen LogP contribution in [0.5, 0.6) is 0 Å². The molecule has 0 aliphatic carbocycles. The van der Waals surface area contributed by atoms with E-state index in [-0.39, 0.29) is 17.0 Å². The van der Waals surface area contributed by atoms with E-state index in [9.17, 15) is 19.5 Å². The Balaban J connectivity index is 2.44. The second-order valence-electron chi connectivity index (χ2n) is 5.56. The normalized spacial score (nSPS) is 16.5. The number of carbonyl (C=O) groups excluding carboxylic acids is 3. The van der Waals surface area contributed by atoms with Gasteiger partial charge in [-0.1, -0.05) is 38.8 Å². The number of esters is 1. The summed E-state index contributed by atoms with van der Waals surface area (Å²) in [5, 5.41) is 10.6. The summed E-state index contributed by atoms with van der Waals surface area (Å²) in [7, 11) is 1.17. The highest BCUT2D eigenvalue weighted by molar-refractivity contribution is 6.22. The summed E-state index contributed by atoms with van der Waals surface area (Å²) in [5.41, 5.74) is 0.478. The first-order chi connectivity index (χ1) is 11.0. The van der Waals surface area contributed by atoms with E-state index < -0.39 is 29.9 Å². The van der Waals surface area contributed by atoms with Crippen LogP contribution >= 0.6 is 0 Å². The first-order valence-electron chi connectivity index (χ1n) is 7.70. The Bertz CT molecular complexity index is 588. The topological polar surface area (TPSA) is 83.9 Å². The third-order valence-electron chi connectivity index (χ3n) is 4.40. The van der Waals surface area contributed by atoms with Crippen LogP contribution in [-0.2, 0) is 9.53 Å². The molecule has 0 saturated carbocycles. The van der Waals surface area contributed by atoms with E-state index in [1.54, 1.807) is 12.1 Å². The summed E-state index contributed by atoms with van der Waals surface area (Å²) in [6.45, 7) is 3.77. The highest BCUT2D eigenvalue weighted by Gasteiger charge is 2.47. The van der Waals surface area contributed by atoms with Crippen molar-refractivity contribution in [1.82, 2.24) is 4.90 Å². The molecule has 1 aromatic rings. The Morgan fingerprint density at radius 3 is 2.00 bits per heavy atom. The summed E-state index contributed by atoms with van der Waals surface area (Å²) in [4.78, 5) is 38.1. The number of hydrogen-bond acceptors (Lipinski definition) is 5. The van der Waals surface area contributed by atoms with Crippen molar-refractivity contribution in [3.8, 4) is 0 Å². The number of imide groups is 1. The van der Waals surface area contributed by atoms with E-state index >= 15 is 0 Å². The van der Waals surface area contributed by atoms with Gasteiger partial charge < -0.3 is 9.84 Å². The molecule has 2 rings (SSSR count). The molecular weight excluding hydrogens is 298 g/mol. The lowest BCUT2D eigenvalue weighted by atomic mass is 9.90. The second-order valence-corrected chi connectivity index (χ2v) is 5.56. The van der Waals surface area contributed by atoms with Crippen LogP contribution in [-0.4, -0.2) is 47.0 Å². The number of ether oxygens (including phenoxy) is 1. The van der Waals surface area contributed by atoms with Gasteiger partial charge in [-0.15, -0.1) is 0 Å². The lowest BCUT2D eigenvalue weighted by molar-refractivity contribution is -0.150. The van der Waals surface area contributed by atoms with Crippen molar-refractivity contribution in [1.29, 1.82) is 0 Å². The Kier molecular flexibility index (Phi) is 5.15. The van der Waals surface area contributed by atoms with Crippen molar-refractivity contribution in [2.45, 2.75) is 38.8 Å². The van der Waals surface area contributed by atoms with Gasteiger partial charge in [0.2, 0.25) is 0 Å². The van der Waals surface area contributed by atoms with E-state index in [1.807, 2.05) is 13.8 Å². The minimum Gasteiger partial charge on any atom is -0.467 e. The van der Waals surface area contributed by atoms with Crippen molar-refractivity contribution in [3.05, 3.63) is 35.4 Å². The summed E-state index contributed by atoms with van der Waals surface area (Å²) in [6.07, 6.45) is 0.0718. The number of carbonyl (C=O) groups is 3. The highest BCUT2D eigenvalue weighted by Crippen LogP contribution is 2.29. The van der Waals surface area contributed by atoms with Gasteiger partial charge in [-0.3, -0.25) is 14.5 Å². The Hall–Kier alpha value is -2.21. The van der Waals surface area contributed by atoms with Crippen molar-refractivity contribution >= 4 is 17.8 Å². The number of aliphatic hydroxyl groups is 1. The number of fused-ring (bicyclic) bond motifs is 1. The molecule has 0 unspecified atom stereocenters. The molecule has 2 amide bonds. The molecule has 0 saturated heterocycles. The van der Waals surface area contributed by atoms with E-state index in [0.717, 1.165) is 4.90 Å². The molecule has 0 fully saturated rings. The average Bonchev–Trinajstić information content (AvgIpc) is 2.81. The zero-order valence-corrected chi connectivity index (χ0v) is 13.5. The van der Waals surface area contributed by atoms with Crippen LogP contribution < -0.4 is 0 Å². The van der Waals surface area contributed by atoms with Crippen molar-refractivity contribution in [2.75, 3.05) is 7.11 Å². The quantitative estimate of drug-likeness (QED) is 0.636. The molecule has 0 spiro atoms. The van der Waals surface area contributed by atoms with Gasteiger partial charge in [0.1, 0.15) is 0 Å². The minimum atomic E-state index is -1.34. The molecule has 0 radical (unpaired) electrons. The van der Waals surface area contributed by atoms with Gasteiger partial charge in [0.25, 0.3) is 11.8 Å². The van der Waals surface area contributed by atoms with E-state index in [1.165, 1.54) is 19.2 Å². The number of benzene rings is 1. The summed E-state index contributed by atoms with van der Waals surface area (Å²) in [5.74, 6) is -2.17. The highest BCUT2D eigenvalue weighted by atomic mass is 16.5. The molecule has 1 aromatic carbocycles. The first kappa shape index (κ1) is 17.1. The van der Waals surface area contributed by atoms with Crippen molar-refractivity contribution in [3.63, 3.8) is 0 Å². The van der Waals surface area contributed by atoms with Crippen LogP contribution in [0.4, 0.5) is 0 Å². The van der Waals surface area contributed by atoms with Gasteiger partial charge in [0.15, 0.2) is 6.04 Å². The SMILES string of the molecule is CCC(CC)[C@H](O)[C@@H](C(=O)OC)N1C(=O)c2ccccc2C1=O. The molecule has 1 aliphatic heterocycles. The molecule has 0 bridgehead atoms. The van der Waals surface area contributed by atoms with E-state index in [2.05, 4.69) is 0 Å². The van der Waals surface area contributed by atoms with Crippen LogP contribution in [0.3, 0.4) is 0 Å². The fourth-order valence-electron chi connectivity index (χ4n) is 3.01. The van der Waals surface area contributed by atoms with E-state index in [0.29, 0.717) is 12.8 Å². The van der Waals surface area contributed by atoms with Gasteiger partial charge in [-0.05, 0) is 18.1 Å². The molecule has 6 nitrogen and oxygen atoms in total. The summed E-state index contributed by atoms with van der Waals surface area (Å²) in [6, 6.07) is 5.04. The molecule has 0 aromatic heterocycles. The molecule has 124 valence electrons. The standard InChI is InChI=1S/C17H21NO5/c1-4-10(5-2)14(19)13(17(22)23-3)18-15(20)11-8-6-7-9-12(11)16(18)21/h6-10,13-14,19H,4-5H2,1-3H3/t13-,14-/m0/s1. The molecule has 23 heavy (non-hydrogen) atoms. The lowest BCUT2D eigenvalue weighted by Gasteiger charge is -2.32. The van der Waals surface area contributed by atoms with E-state index in [4.69, 9.17) is 4.74 Å². The van der Waals surface area contributed by atoms with Gasteiger partial charge in [0.05, 0.1) is 24.3 Å². The van der Waals surface area contributed by atoms with Crippen LogP contribution in [0.2, 0.25) is 0 Å². The third-order valence-corrected chi connectivity index (χ3v) is 4.40. The summed E-state index contributed by atoms with van der Waals surface area (Å²) >= 11 is 0. The van der Waals surface area contributed by atoms with Crippen molar-refractivity contribution < 1.29 is 24.2 Å². The third kappa shape index (κ3) is 2.86. The molecule has 2 atom stereocenters. The number of amides is 2. The molecular formula is C17H21NO5. The number of nitrogens with zero attached hydrogens (tertiary/aromatic N) is 1. The molecule has 1 aliphatic rings. The van der Waals surface area contributed by atoms with Crippen LogP contribution in [0.1, 0.15) is 47.4 Å². The number of aliphatic hydroxyl groups excluding tert-OH is 1. The van der Waals surface area contributed by atoms with Gasteiger partial charge >= 0.3 is 5.97 Å². The smallest absolute Gasteiger partial charge is 0.331 e. The zero-order chi connectivity index (χ0) is 17.1. The first-order valence-corrected chi connectivity index (χ1v) is 7.70. The Labute approximate surface area is 135 Å². The number of rotatable bonds is 6. The predicted octanol–water partition coefficient (Wildman–Crippen LogP) is 1.62. The number of methoxy groups -OCH3 is 1. The van der Waals surface area contributed by atoms with Crippen LogP contribution in [0, 0.1) is 5.92 Å². The lowest BCUT2D eigenvalue weighted by Crippen LogP contribution is -2.54. The second kappa shape index (κ2) is 6.91. The van der Waals surface area contributed by atoms with Gasteiger partial charge in [-0.25, -0.2) is 4.79 Å². The van der Waals surface area contributed by atoms with Crippen molar-refractivity contribution in [2.24, 2.45) is 5.92 Å². The largest absolute Gasteiger partial charge is 0.467 e.